The molecule has 6 nitrogen and oxygen atoms in total. The first-order chi connectivity index (χ1) is 18.5. The van der Waals surface area contributed by atoms with Crippen LogP contribution in [0.25, 0.3) is 11.1 Å². The fourth-order valence-electron chi connectivity index (χ4n) is 5.72. The maximum Gasteiger partial charge on any atom is 0.411 e. The van der Waals surface area contributed by atoms with Crippen LogP contribution in [0.2, 0.25) is 0 Å². The summed E-state index contributed by atoms with van der Waals surface area (Å²) in [7, 11) is 2.18. The first kappa shape index (κ1) is 26.0. The molecule has 0 aliphatic carbocycles. The van der Waals surface area contributed by atoms with Gasteiger partial charge in [0.1, 0.15) is 12.7 Å². The van der Waals surface area contributed by atoms with E-state index in [2.05, 4.69) is 23.3 Å². The van der Waals surface area contributed by atoms with E-state index in [1.165, 1.54) is 12.8 Å². The highest BCUT2D eigenvalue weighted by atomic mass is 16.6. The Kier molecular flexibility index (Phi) is 8.39. The van der Waals surface area contributed by atoms with Gasteiger partial charge in [-0.05, 0) is 55.5 Å². The van der Waals surface area contributed by atoms with Gasteiger partial charge in [-0.2, -0.15) is 0 Å². The maximum atomic E-state index is 13.0. The number of anilines is 1. The number of nitrogens with one attached hydrogen (secondary N) is 1. The molecule has 3 aromatic carbocycles. The molecule has 5 rings (SSSR count). The third-order valence-corrected chi connectivity index (χ3v) is 7.82. The number of piperidine rings is 1. The largest absolute Gasteiger partial charge is 0.461 e. The Hall–Kier alpha value is -3.64. The number of carbonyl (C=O) groups excluding carboxylic acids is 2. The second-order valence-electron chi connectivity index (χ2n) is 10.4. The number of carbonyl (C=O) groups is 2. The van der Waals surface area contributed by atoms with Crippen LogP contribution in [0.1, 0.15) is 49.7 Å². The van der Waals surface area contributed by atoms with Gasteiger partial charge in [0.05, 0.1) is 5.69 Å². The molecule has 2 unspecified atom stereocenters. The van der Waals surface area contributed by atoms with E-state index in [1.807, 2.05) is 72.8 Å². The molecule has 1 amide bonds. The summed E-state index contributed by atoms with van der Waals surface area (Å²) in [5, 5.41) is 3.03. The van der Waals surface area contributed by atoms with Gasteiger partial charge < -0.3 is 14.4 Å². The van der Waals surface area contributed by atoms with Gasteiger partial charge in [0.2, 0.25) is 0 Å². The Bertz CT molecular complexity index is 1220. The fraction of sp³-hybridized carbons (Fsp3) is 0.375. The molecule has 0 saturated carbocycles. The average molecular weight is 513 g/mol. The first-order valence-electron chi connectivity index (χ1n) is 13.6. The van der Waals surface area contributed by atoms with Crippen molar-refractivity contribution in [3.63, 3.8) is 0 Å². The number of esters is 1. The lowest BCUT2D eigenvalue weighted by Crippen LogP contribution is -2.43. The Morgan fingerprint density at radius 2 is 1.58 bits per heavy atom. The number of hydrogen-bond acceptors (Lipinski definition) is 5. The second kappa shape index (κ2) is 12.3. The maximum absolute atomic E-state index is 13.0. The minimum Gasteiger partial charge on any atom is -0.461 e. The second-order valence-corrected chi connectivity index (χ2v) is 10.4. The van der Waals surface area contributed by atoms with Crippen molar-refractivity contribution < 1.29 is 19.1 Å². The van der Waals surface area contributed by atoms with E-state index in [0.717, 1.165) is 40.8 Å². The number of benzene rings is 3. The van der Waals surface area contributed by atoms with Crippen LogP contribution in [0, 0.1) is 0 Å². The molecule has 2 heterocycles. The first-order valence-corrected chi connectivity index (χ1v) is 13.6. The summed E-state index contributed by atoms with van der Waals surface area (Å²) in [5.74, 6) is -0.205. The van der Waals surface area contributed by atoms with Gasteiger partial charge in [-0.15, -0.1) is 0 Å². The van der Waals surface area contributed by atoms with Crippen LogP contribution >= 0.6 is 0 Å². The summed E-state index contributed by atoms with van der Waals surface area (Å²) >= 11 is 0. The highest BCUT2D eigenvalue weighted by molar-refractivity contribution is 5.91. The van der Waals surface area contributed by atoms with E-state index in [0.29, 0.717) is 38.0 Å². The number of nitrogens with zero attached hydrogens (tertiary/aromatic N) is 1. The van der Waals surface area contributed by atoms with Gasteiger partial charge in [0.25, 0.3) is 0 Å². The highest BCUT2D eigenvalue weighted by Crippen LogP contribution is 2.36. The standard InChI is InChI=1S/C32H36N2O4/c1-34-26-16-17-27(34)21-28(20-26)38-32(36)33-30-19-23(15-18-29(30)25-12-6-3-7-13-25)11-8-14-31(35)37-22-24-9-4-2-5-10-24/h2-7,9-10,12-13,15,18-19,26-28H,8,11,14,16-17,20-22H2,1H3,(H,33,36)/t26-,27?,28?/m1/s1. The molecule has 3 atom stereocenters. The third kappa shape index (κ3) is 6.62. The van der Waals surface area contributed by atoms with Gasteiger partial charge in [-0.3, -0.25) is 10.1 Å². The van der Waals surface area contributed by atoms with Crippen LogP contribution in [0.3, 0.4) is 0 Å². The average Bonchev–Trinajstić information content (AvgIpc) is 3.13. The lowest BCUT2D eigenvalue weighted by molar-refractivity contribution is -0.145. The normalized spacial score (nSPS) is 20.6. The number of rotatable bonds is 9. The van der Waals surface area contributed by atoms with Gasteiger partial charge in [-0.1, -0.05) is 72.8 Å². The van der Waals surface area contributed by atoms with Gasteiger partial charge in [-0.25, -0.2) is 4.79 Å². The van der Waals surface area contributed by atoms with Crippen LogP contribution < -0.4 is 5.32 Å². The van der Waals surface area contributed by atoms with Crippen molar-refractivity contribution >= 4 is 17.7 Å². The molecule has 198 valence electrons. The molecule has 38 heavy (non-hydrogen) atoms. The molecular weight excluding hydrogens is 476 g/mol. The molecule has 3 aromatic rings. The summed E-state index contributed by atoms with van der Waals surface area (Å²) in [5.41, 5.74) is 4.72. The van der Waals surface area contributed by atoms with Crippen molar-refractivity contribution in [2.45, 2.75) is 69.7 Å². The zero-order valence-corrected chi connectivity index (χ0v) is 22.0. The zero-order valence-electron chi connectivity index (χ0n) is 22.0. The van der Waals surface area contributed by atoms with Crippen molar-refractivity contribution in [3.8, 4) is 11.1 Å². The quantitative estimate of drug-likeness (QED) is 0.328. The summed E-state index contributed by atoms with van der Waals surface area (Å²) in [6, 6.07) is 26.8. The van der Waals surface area contributed by atoms with Crippen molar-refractivity contribution in [1.29, 1.82) is 0 Å². The van der Waals surface area contributed by atoms with Crippen LogP contribution in [0.5, 0.6) is 0 Å². The number of aryl methyl sites for hydroxylation is 1. The molecule has 0 radical (unpaired) electrons. The number of hydrogen-bond donors (Lipinski definition) is 1. The van der Waals surface area contributed by atoms with E-state index in [1.54, 1.807) is 0 Å². The van der Waals surface area contributed by atoms with Crippen LogP contribution in [-0.2, 0) is 27.3 Å². The summed E-state index contributed by atoms with van der Waals surface area (Å²) in [6.07, 6.45) is 5.42. The molecule has 6 heteroatoms. The molecule has 2 saturated heterocycles. The number of fused-ring (bicyclic) bond motifs is 2. The van der Waals surface area contributed by atoms with Crippen molar-refractivity contribution in [2.75, 3.05) is 12.4 Å². The highest BCUT2D eigenvalue weighted by Gasteiger charge is 2.39. The molecule has 2 fully saturated rings. The van der Waals surface area contributed by atoms with E-state index < -0.39 is 6.09 Å². The molecule has 0 aromatic heterocycles. The zero-order chi connectivity index (χ0) is 26.3. The lowest BCUT2D eigenvalue weighted by Gasteiger charge is -2.35. The van der Waals surface area contributed by atoms with E-state index in [4.69, 9.17) is 9.47 Å². The molecular formula is C32H36N2O4. The van der Waals surface area contributed by atoms with Crippen molar-refractivity contribution in [2.24, 2.45) is 0 Å². The van der Waals surface area contributed by atoms with E-state index >= 15 is 0 Å². The number of amides is 1. The predicted molar refractivity (Wildman–Crippen MR) is 149 cm³/mol. The Morgan fingerprint density at radius 1 is 0.895 bits per heavy atom. The SMILES string of the molecule is CN1C2CC[C@@H]1CC(OC(=O)Nc1cc(CCCC(=O)OCc3ccccc3)ccc1-c1ccccc1)C2. The number of ether oxygens (including phenoxy) is 2. The summed E-state index contributed by atoms with van der Waals surface area (Å²) in [6.45, 7) is 0.292. The van der Waals surface area contributed by atoms with Crippen molar-refractivity contribution in [1.82, 2.24) is 4.90 Å². The van der Waals surface area contributed by atoms with Gasteiger partial charge in [0, 0.05) is 36.9 Å². The molecule has 1 N–H and O–H groups in total. The van der Waals surface area contributed by atoms with Gasteiger partial charge in [0.15, 0.2) is 0 Å². The minimum absolute atomic E-state index is 0.0473. The van der Waals surface area contributed by atoms with E-state index in [9.17, 15) is 9.59 Å². The summed E-state index contributed by atoms with van der Waals surface area (Å²) in [4.78, 5) is 27.6. The van der Waals surface area contributed by atoms with Crippen LogP contribution in [-0.4, -0.2) is 42.2 Å². The summed E-state index contributed by atoms with van der Waals surface area (Å²) < 4.78 is 11.3. The Labute approximate surface area is 225 Å². The van der Waals surface area contributed by atoms with Gasteiger partial charge >= 0.3 is 12.1 Å². The van der Waals surface area contributed by atoms with Crippen LogP contribution in [0.4, 0.5) is 10.5 Å². The smallest absolute Gasteiger partial charge is 0.411 e. The minimum atomic E-state index is -0.405. The molecule has 2 aliphatic heterocycles. The van der Waals surface area contributed by atoms with Crippen LogP contribution in [0.15, 0.2) is 78.9 Å². The van der Waals surface area contributed by atoms with E-state index in [-0.39, 0.29) is 12.1 Å². The Morgan fingerprint density at radius 3 is 2.29 bits per heavy atom. The molecule has 2 bridgehead atoms. The predicted octanol–water partition coefficient (Wildman–Crippen LogP) is 6.59. The third-order valence-electron chi connectivity index (χ3n) is 7.82. The topological polar surface area (TPSA) is 67.9 Å². The molecule has 2 aliphatic rings. The lowest BCUT2D eigenvalue weighted by atomic mass is 9.99. The fourth-order valence-corrected chi connectivity index (χ4v) is 5.72. The van der Waals surface area contributed by atoms with Crippen molar-refractivity contribution in [3.05, 3.63) is 90.0 Å². The Balaban J connectivity index is 1.20. The molecule has 0 spiro atoms. The monoisotopic (exact) mass is 512 g/mol.